The van der Waals surface area contributed by atoms with Crippen LogP contribution in [0.4, 0.5) is 0 Å². The summed E-state index contributed by atoms with van der Waals surface area (Å²) in [5, 5.41) is 3.53. The van der Waals surface area contributed by atoms with Gasteiger partial charge < -0.3 is 9.80 Å². The van der Waals surface area contributed by atoms with Gasteiger partial charge in [0.15, 0.2) is 0 Å². The maximum absolute atomic E-state index is 3.53. The van der Waals surface area contributed by atoms with Crippen molar-refractivity contribution in [2.45, 2.75) is 44.6 Å². The van der Waals surface area contributed by atoms with Crippen molar-refractivity contribution in [2.24, 2.45) is 0 Å². The van der Waals surface area contributed by atoms with Crippen LogP contribution >= 0.6 is 0 Å². The summed E-state index contributed by atoms with van der Waals surface area (Å²) in [6, 6.07) is 1.49. The van der Waals surface area contributed by atoms with Crippen LogP contribution in [0.2, 0.25) is 6.04 Å². The zero-order valence-corrected chi connectivity index (χ0v) is 14.0. The third-order valence-electron chi connectivity index (χ3n) is 2.92. The predicted octanol–water partition coefficient (Wildman–Crippen LogP) is 1.41. The molecule has 0 aliphatic carbocycles. The van der Waals surface area contributed by atoms with E-state index >= 15 is 0 Å². The largest absolute Gasteiger partial charge is 0.330 e. The molecule has 0 aromatic rings. The topological polar surface area (TPSA) is 12.0 Å². The molecule has 0 spiro atoms. The van der Waals surface area contributed by atoms with Crippen LogP contribution in [0.1, 0.15) is 38.5 Å². The monoisotopic (exact) mass is 245 g/mol. The number of rotatable bonds is 11. The molecule has 2 nitrogen and oxygen atoms in total. The molecule has 0 saturated carbocycles. The first-order chi connectivity index (χ1) is 7.56. The quantitative estimate of drug-likeness (QED) is 0.330. The summed E-state index contributed by atoms with van der Waals surface area (Å²) >= 11 is 0. The average molecular weight is 246 g/mol. The molecular weight excluding hydrogens is 212 g/mol. The van der Waals surface area contributed by atoms with Gasteiger partial charge in [0.05, 0.1) is 27.7 Å². The highest BCUT2D eigenvalue weighted by atomic mass is 28.1. The molecule has 1 N–H and O–H groups in total. The van der Waals surface area contributed by atoms with Crippen molar-refractivity contribution in [2.75, 3.05) is 40.8 Å². The number of quaternary nitrogens is 1. The van der Waals surface area contributed by atoms with Crippen molar-refractivity contribution in [3.63, 3.8) is 0 Å². The maximum atomic E-state index is 3.53. The molecular formula is C13H33N2Si+. The van der Waals surface area contributed by atoms with Crippen molar-refractivity contribution in [1.82, 2.24) is 5.32 Å². The summed E-state index contributed by atoms with van der Waals surface area (Å²) in [6.07, 6.45) is 8.63. The Hall–Kier alpha value is 0.137. The van der Waals surface area contributed by atoms with E-state index in [4.69, 9.17) is 0 Å². The van der Waals surface area contributed by atoms with Crippen LogP contribution in [0.5, 0.6) is 0 Å². The lowest BCUT2D eigenvalue weighted by Gasteiger charge is -2.23. The Morgan fingerprint density at radius 3 is 1.94 bits per heavy atom. The van der Waals surface area contributed by atoms with Gasteiger partial charge in [-0.1, -0.05) is 38.1 Å². The molecule has 0 heterocycles. The highest BCUT2D eigenvalue weighted by Gasteiger charge is 2.04. The SMILES string of the molecule is C[N+](C)(C)CCNCCCCCCCC[SiH3]. The van der Waals surface area contributed by atoms with E-state index in [1.165, 1.54) is 67.9 Å². The summed E-state index contributed by atoms with van der Waals surface area (Å²) in [7, 11) is 8.14. The van der Waals surface area contributed by atoms with E-state index in [1.807, 2.05) is 0 Å². The number of nitrogens with one attached hydrogen (secondary N) is 1. The third-order valence-corrected chi connectivity index (χ3v) is 3.62. The number of nitrogens with zero attached hydrogens (tertiary/aromatic N) is 1. The Bertz CT molecular complexity index is 143. The van der Waals surface area contributed by atoms with Crippen molar-refractivity contribution in [3.05, 3.63) is 0 Å². The van der Waals surface area contributed by atoms with E-state index in [0.717, 1.165) is 11.0 Å². The van der Waals surface area contributed by atoms with Crippen LogP contribution in [0.15, 0.2) is 0 Å². The van der Waals surface area contributed by atoms with E-state index in [1.54, 1.807) is 0 Å². The van der Waals surface area contributed by atoms with Gasteiger partial charge in [0.2, 0.25) is 0 Å². The molecule has 98 valence electrons. The van der Waals surface area contributed by atoms with Gasteiger partial charge in [-0.3, -0.25) is 0 Å². The van der Waals surface area contributed by atoms with Crippen molar-refractivity contribution in [3.8, 4) is 0 Å². The van der Waals surface area contributed by atoms with Crippen molar-refractivity contribution >= 4 is 10.2 Å². The Kier molecular flexibility index (Phi) is 10.4. The summed E-state index contributed by atoms with van der Waals surface area (Å²) in [4.78, 5) is 0. The Morgan fingerprint density at radius 1 is 0.812 bits per heavy atom. The zero-order chi connectivity index (χ0) is 12.3. The first-order valence-electron chi connectivity index (χ1n) is 7.07. The van der Waals surface area contributed by atoms with E-state index in [0.29, 0.717) is 0 Å². The molecule has 0 atom stereocenters. The van der Waals surface area contributed by atoms with Gasteiger partial charge >= 0.3 is 0 Å². The fraction of sp³-hybridized carbons (Fsp3) is 1.00. The van der Waals surface area contributed by atoms with Crippen LogP contribution in [0.3, 0.4) is 0 Å². The van der Waals surface area contributed by atoms with Gasteiger partial charge in [-0.25, -0.2) is 0 Å². The normalized spacial score (nSPS) is 12.2. The maximum Gasteiger partial charge on any atom is 0.0907 e. The lowest BCUT2D eigenvalue weighted by molar-refractivity contribution is -0.869. The van der Waals surface area contributed by atoms with E-state index in [9.17, 15) is 0 Å². The molecule has 0 fully saturated rings. The van der Waals surface area contributed by atoms with Gasteiger partial charge in [-0.05, 0) is 13.0 Å². The molecule has 0 radical (unpaired) electrons. The summed E-state index contributed by atoms with van der Waals surface area (Å²) < 4.78 is 1.06. The van der Waals surface area contributed by atoms with Gasteiger partial charge in [-0.15, -0.1) is 0 Å². The van der Waals surface area contributed by atoms with E-state index in [-0.39, 0.29) is 0 Å². The van der Waals surface area contributed by atoms with Gasteiger partial charge in [0.1, 0.15) is 0 Å². The molecule has 16 heavy (non-hydrogen) atoms. The minimum atomic E-state index is 1.06. The van der Waals surface area contributed by atoms with Gasteiger partial charge in [0, 0.05) is 16.8 Å². The molecule has 0 saturated heterocycles. The molecule has 0 rings (SSSR count). The minimum absolute atomic E-state index is 1.06. The minimum Gasteiger partial charge on any atom is -0.330 e. The molecule has 0 aliphatic heterocycles. The fourth-order valence-corrected chi connectivity index (χ4v) is 2.25. The zero-order valence-electron chi connectivity index (χ0n) is 12.0. The van der Waals surface area contributed by atoms with Crippen LogP contribution in [0.25, 0.3) is 0 Å². The second-order valence-corrected chi connectivity index (χ2v) is 6.89. The third kappa shape index (κ3) is 14.1. The van der Waals surface area contributed by atoms with Gasteiger partial charge in [-0.2, -0.15) is 0 Å². The highest BCUT2D eigenvalue weighted by Crippen LogP contribution is 2.05. The molecule has 0 bridgehead atoms. The van der Waals surface area contributed by atoms with E-state index in [2.05, 4.69) is 26.5 Å². The van der Waals surface area contributed by atoms with Crippen LogP contribution in [-0.2, 0) is 0 Å². The molecule has 0 amide bonds. The summed E-state index contributed by atoms with van der Waals surface area (Å²) in [6.45, 7) is 3.59. The Labute approximate surface area is 106 Å². The Balaban J connectivity index is 2.99. The molecule has 0 aromatic carbocycles. The second-order valence-electron chi connectivity index (χ2n) is 5.89. The van der Waals surface area contributed by atoms with Crippen LogP contribution < -0.4 is 5.32 Å². The first-order valence-corrected chi connectivity index (χ1v) is 8.49. The summed E-state index contributed by atoms with van der Waals surface area (Å²) in [5.74, 6) is 0. The fourth-order valence-electron chi connectivity index (χ4n) is 1.75. The number of hydrogen-bond acceptors (Lipinski definition) is 1. The van der Waals surface area contributed by atoms with E-state index < -0.39 is 0 Å². The lowest BCUT2D eigenvalue weighted by atomic mass is 10.1. The predicted molar refractivity (Wildman–Crippen MR) is 78.2 cm³/mol. The van der Waals surface area contributed by atoms with Crippen molar-refractivity contribution < 1.29 is 4.48 Å². The summed E-state index contributed by atoms with van der Waals surface area (Å²) in [5.41, 5.74) is 0. The first kappa shape index (κ1) is 16.1. The molecule has 0 unspecified atom stereocenters. The number of unbranched alkanes of at least 4 members (excludes halogenated alkanes) is 5. The molecule has 0 aliphatic rings. The van der Waals surface area contributed by atoms with Crippen LogP contribution in [0, 0.1) is 0 Å². The number of hydrogen-bond donors (Lipinski definition) is 1. The number of likely N-dealkylation sites (N-methyl/N-ethyl adjacent to an activating group) is 1. The molecule has 0 aromatic heterocycles. The molecule has 3 heteroatoms. The lowest BCUT2D eigenvalue weighted by Crippen LogP contribution is -2.40. The van der Waals surface area contributed by atoms with Crippen molar-refractivity contribution in [1.29, 1.82) is 0 Å². The average Bonchev–Trinajstić information content (AvgIpc) is 2.19. The van der Waals surface area contributed by atoms with Crippen LogP contribution in [-0.4, -0.2) is 55.5 Å². The van der Waals surface area contributed by atoms with Gasteiger partial charge in [0.25, 0.3) is 0 Å². The standard InChI is InChI=1S/C13H33N2Si/c1-15(2,3)12-11-14-10-8-6-4-5-7-9-13-16/h14H,4-13H2,1-3,16H3/q+1. The second kappa shape index (κ2) is 10.3. The smallest absolute Gasteiger partial charge is 0.0907 e. The highest BCUT2D eigenvalue weighted by molar-refractivity contribution is 6.08. The Morgan fingerprint density at radius 2 is 1.38 bits per heavy atom.